The first-order chi connectivity index (χ1) is 11.4. The van der Waals surface area contributed by atoms with Gasteiger partial charge in [0.25, 0.3) is 10.0 Å². The Kier molecular flexibility index (Phi) is 6.23. The Bertz CT molecular complexity index is 787. The van der Waals surface area contributed by atoms with Crippen LogP contribution in [-0.4, -0.2) is 38.2 Å². The molecule has 2 aromatic rings. The Hall–Kier alpha value is -2.04. The number of anilines is 1. The number of ether oxygens (including phenoxy) is 1. The summed E-state index contributed by atoms with van der Waals surface area (Å²) in [7, 11) is -2.16. The first-order valence-corrected chi connectivity index (χ1v) is 9.50. The molecule has 0 fully saturated rings. The minimum absolute atomic E-state index is 0.164. The highest BCUT2D eigenvalue weighted by Crippen LogP contribution is 2.19. The lowest BCUT2D eigenvalue weighted by Gasteiger charge is -2.05. The number of hydrogen-bond donors (Lipinski definition) is 2. The molecule has 2 rings (SSSR count). The predicted octanol–water partition coefficient (Wildman–Crippen LogP) is 1.42. The summed E-state index contributed by atoms with van der Waals surface area (Å²) in [5.41, 5.74) is 0.978. The van der Waals surface area contributed by atoms with E-state index in [4.69, 9.17) is 4.74 Å². The summed E-state index contributed by atoms with van der Waals surface area (Å²) in [4.78, 5) is 11.3. The summed E-state index contributed by atoms with van der Waals surface area (Å²) in [6, 6.07) is 7.38. The molecule has 0 unspecified atom stereocenters. The van der Waals surface area contributed by atoms with Gasteiger partial charge < -0.3 is 10.1 Å². The van der Waals surface area contributed by atoms with Crippen LogP contribution in [0.2, 0.25) is 0 Å². The van der Waals surface area contributed by atoms with Crippen LogP contribution in [0.5, 0.6) is 5.75 Å². The molecule has 0 radical (unpaired) electrons. The molecule has 0 saturated carbocycles. The van der Waals surface area contributed by atoms with Crippen LogP contribution in [-0.2, 0) is 21.2 Å². The number of nitrogens with zero attached hydrogens (tertiary/aromatic N) is 2. The highest BCUT2D eigenvalue weighted by molar-refractivity contribution is 7.91. The molecule has 0 aliphatic carbocycles. The molecule has 8 nitrogen and oxygen atoms in total. The molecule has 0 spiro atoms. The lowest BCUT2D eigenvalue weighted by atomic mass is 10.1. The lowest BCUT2D eigenvalue weighted by Crippen LogP contribution is -2.25. The second kappa shape index (κ2) is 8.18. The SMILES string of the molecule is CCC(=O)Nc1nnc(S(=O)(=O)NCCc2ccc(OC)cc2)s1. The van der Waals surface area contributed by atoms with Gasteiger partial charge in [0.05, 0.1) is 7.11 Å². The van der Waals surface area contributed by atoms with E-state index in [-0.39, 0.29) is 28.3 Å². The van der Waals surface area contributed by atoms with Crippen molar-refractivity contribution in [3.63, 3.8) is 0 Å². The zero-order chi connectivity index (χ0) is 17.6. The van der Waals surface area contributed by atoms with Gasteiger partial charge in [0.15, 0.2) is 0 Å². The molecule has 1 amide bonds. The molecule has 0 saturated heterocycles. The molecule has 0 aliphatic heterocycles. The quantitative estimate of drug-likeness (QED) is 0.680. The maximum Gasteiger partial charge on any atom is 0.269 e. The number of carbonyl (C=O) groups is 1. The van der Waals surface area contributed by atoms with Gasteiger partial charge >= 0.3 is 0 Å². The van der Waals surface area contributed by atoms with Gasteiger partial charge in [-0.15, -0.1) is 10.2 Å². The maximum atomic E-state index is 12.2. The van der Waals surface area contributed by atoms with Gasteiger partial charge in [-0.05, 0) is 24.1 Å². The molecule has 1 aromatic carbocycles. The molecular weight excluding hydrogens is 352 g/mol. The largest absolute Gasteiger partial charge is 0.497 e. The molecule has 1 aromatic heterocycles. The third-order valence-electron chi connectivity index (χ3n) is 3.07. The zero-order valence-corrected chi connectivity index (χ0v) is 14.9. The van der Waals surface area contributed by atoms with E-state index in [0.29, 0.717) is 6.42 Å². The Morgan fingerprint density at radius 1 is 1.25 bits per heavy atom. The fourth-order valence-electron chi connectivity index (χ4n) is 1.76. The number of rotatable bonds is 8. The lowest BCUT2D eigenvalue weighted by molar-refractivity contribution is -0.115. The fourth-order valence-corrected chi connectivity index (χ4v) is 3.75. The van der Waals surface area contributed by atoms with Crippen LogP contribution in [0.4, 0.5) is 5.13 Å². The van der Waals surface area contributed by atoms with Crippen LogP contribution in [0.3, 0.4) is 0 Å². The van der Waals surface area contributed by atoms with Crippen LogP contribution < -0.4 is 14.8 Å². The molecule has 0 aliphatic rings. The Morgan fingerprint density at radius 2 is 1.96 bits per heavy atom. The number of methoxy groups -OCH3 is 1. The predicted molar refractivity (Wildman–Crippen MR) is 90.7 cm³/mol. The smallest absolute Gasteiger partial charge is 0.269 e. The van der Waals surface area contributed by atoms with Crippen molar-refractivity contribution in [2.24, 2.45) is 0 Å². The van der Waals surface area contributed by atoms with Crippen molar-refractivity contribution in [2.75, 3.05) is 19.0 Å². The number of aromatic nitrogens is 2. The van der Waals surface area contributed by atoms with E-state index >= 15 is 0 Å². The van der Waals surface area contributed by atoms with Crippen LogP contribution in [0.25, 0.3) is 0 Å². The molecular formula is C14H18N4O4S2. The molecule has 1 heterocycles. The highest BCUT2D eigenvalue weighted by atomic mass is 32.2. The number of carbonyl (C=O) groups excluding carboxylic acids is 1. The second-order valence-electron chi connectivity index (χ2n) is 4.77. The summed E-state index contributed by atoms with van der Waals surface area (Å²) in [5.74, 6) is 0.498. The van der Waals surface area contributed by atoms with Crippen molar-refractivity contribution < 1.29 is 17.9 Å². The van der Waals surface area contributed by atoms with Crippen LogP contribution in [0, 0.1) is 0 Å². The maximum absolute atomic E-state index is 12.2. The summed E-state index contributed by atoms with van der Waals surface area (Å²) in [5, 5.41) is 9.91. The number of sulfonamides is 1. The van der Waals surface area contributed by atoms with Crippen LogP contribution in [0.1, 0.15) is 18.9 Å². The van der Waals surface area contributed by atoms with Crippen molar-refractivity contribution in [3.8, 4) is 5.75 Å². The Morgan fingerprint density at radius 3 is 2.58 bits per heavy atom. The number of benzene rings is 1. The average Bonchev–Trinajstić information content (AvgIpc) is 3.04. The summed E-state index contributed by atoms with van der Waals surface area (Å²) in [6.07, 6.45) is 0.809. The molecule has 0 atom stereocenters. The van der Waals surface area contributed by atoms with Crippen molar-refractivity contribution in [1.82, 2.24) is 14.9 Å². The minimum Gasteiger partial charge on any atom is -0.497 e. The van der Waals surface area contributed by atoms with Crippen LogP contribution >= 0.6 is 11.3 Å². The zero-order valence-electron chi connectivity index (χ0n) is 13.3. The third-order valence-corrected chi connectivity index (χ3v) is 5.74. The molecule has 0 bridgehead atoms. The molecule has 24 heavy (non-hydrogen) atoms. The second-order valence-corrected chi connectivity index (χ2v) is 7.69. The van der Waals surface area contributed by atoms with E-state index in [2.05, 4.69) is 20.2 Å². The Balaban J connectivity index is 1.92. The third kappa shape index (κ3) is 4.98. The van der Waals surface area contributed by atoms with Gasteiger partial charge in [0.2, 0.25) is 15.4 Å². The van der Waals surface area contributed by atoms with Gasteiger partial charge in [0.1, 0.15) is 5.75 Å². The van der Waals surface area contributed by atoms with E-state index < -0.39 is 10.0 Å². The van der Waals surface area contributed by atoms with E-state index in [1.807, 2.05) is 24.3 Å². The molecule has 130 valence electrons. The molecule has 10 heteroatoms. The highest BCUT2D eigenvalue weighted by Gasteiger charge is 2.20. The van der Waals surface area contributed by atoms with E-state index in [1.165, 1.54) is 0 Å². The Labute approximate surface area is 144 Å². The standard InChI is InChI=1S/C14H18N4O4S2/c1-3-12(19)16-13-17-18-14(23-13)24(20,21)15-9-8-10-4-6-11(22-2)7-5-10/h4-7,15H,3,8-9H2,1-2H3,(H,16,17,19). The summed E-state index contributed by atoms with van der Waals surface area (Å²) < 4.78 is 31.7. The number of nitrogens with one attached hydrogen (secondary N) is 2. The van der Waals surface area contributed by atoms with E-state index in [0.717, 1.165) is 22.6 Å². The first kappa shape index (κ1) is 18.3. The molecule has 2 N–H and O–H groups in total. The monoisotopic (exact) mass is 370 g/mol. The average molecular weight is 370 g/mol. The number of hydrogen-bond acceptors (Lipinski definition) is 7. The minimum atomic E-state index is -3.75. The van der Waals surface area contributed by atoms with Crippen molar-refractivity contribution >= 4 is 32.4 Å². The summed E-state index contributed by atoms with van der Waals surface area (Å²) >= 11 is 0.814. The van der Waals surface area contributed by atoms with Gasteiger partial charge in [-0.1, -0.05) is 30.4 Å². The van der Waals surface area contributed by atoms with Crippen molar-refractivity contribution in [3.05, 3.63) is 29.8 Å². The topological polar surface area (TPSA) is 110 Å². The van der Waals surface area contributed by atoms with Crippen molar-refractivity contribution in [2.45, 2.75) is 24.1 Å². The van der Waals surface area contributed by atoms with Gasteiger partial charge in [-0.25, -0.2) is 13.1 Å². The van der Waals surface area contributed by atoms with Crippen LogP contribution in [0.15, 0.2) is 28.6 Å². The summed E-state index contributed by atoms with van der Waals surface area (Å²) in [6.45, 7) is 1.92. The van der Waals surface area contributed by atoms with E-state index in [9.17, 15) is 13.2 Å². The van der Waals surface area contributed by atoms with Gasteiger partial charge in [0, 0.05) is 13.0 Å². The van der Waals surface area contributed by atoms with E-state index in [1.54, 1.807) is 14.0 Å². The first-order valence-electron chi connectivity index (χ1n) is 7.20. The normalized spacial score (nSPS) is 11.2. The number of amides is 1. The van der Waals surface area contributed by atoms with Crippen molar-refractivity contribution in [1.29, 1.82) is 0 Å². The van der Waals surface area contributed by atoms with Gasteiger partial charge in [-0.2, -0.15) is 0 Å². The van der Waals surface area contributed by atoms with Gasteiger partial charge in [-0.3, -0.25) is 4.79 Å². The fraction of sp³-hybridized carbons (Fsp3) is 0.357.